The van der Waals surface area contributed by atoms with Crippen LogP contribution in [0.25, 0.3) is 0 Å². The summed E-state index contributed by atoms with van der Waals surface area (Å²) >= 11 is 0. The predicted molar refractivity (Wildman–Crippen MR) is 106 cm³/mol. The Morgan fingerprint density at radius 1 is 0.926 bits per heavy atom. The van der Waals surface area contributed by atoms with Crippen molar-refractivity contribution in [1.82, 2.24) is 4.98 Å². The minimum absolute atomic E-state index is 0.225. The van der Waals surface area contributed by atoms with Crippen LogP contribution in [0.4, 0.5) is 17.2 Å². The number of rotatable bonds is 7. The summed E-state index contributed by atoms with van der Waals surface area (Å²) in [6.45, 7) is 2.59. The molecule has 27 heavy (non-hydrogen) atoms. The van der Waals surface area contributed by atoms with Gasteiger partial charge in [0.25, 0.3) is 5.91 Å². The maximum atomic E-state index is 12.3. The van der Waals surface area contributed by atoms with E-state index in [9.17, 15) is 4.79 Å². The molecular formula is C21H21N3O3. The Balaban J connectivity index is 1.60. The summed E-state index contributed by atoms with van der Waals surface area (Å²) in [6.07, 6.45) is 1.67. The first-order chi connectivity index (χ1) is 13.2. The molecule has 138 valence electrons. The van der Waals surface area contributed by atoms with Gasteiger partial charge in [0.1, 0.15) is 17.3 Å². The number of nitrogens with zero attached hydrogens (tertiary/aromatic N) is 1. The van der Waals surface area contributed by atoms with Crippen molar-refractivity contribution in [3.05, 3.63) is 72.4 Å². The molecule has 6 nitrogen and oxygen atoms in total. The maximum Gasteiger partial charge on any atom is 0.256 e. The molecule has 0 bridgehead atoms. The van der Waals surface area contributed by atoms with Gasteiger partial charge in [-0.25, -0.2) is 4.98 Å². The van der Waals surface area contributed by atoms with Crippen LogP contribution in [0.2, 0.25) is 0 Å². The van der Waals surface area contributed by atoms with Crippen molar-refractivity contribution in [1.29, 1.82) is 0 Å². The molecule has 0 atom stereocenters. The van der Waals surface area contributed by atoms with E-state index in [2.05, 4.69) is 15.6 Å². The van der Waals surface area contributed by atoms with Crippen molar-refractivity contribution in [3.8, 4) is 11.5 Å². The molecule has 0 saturated heterocycles. The monoisotopic (exact) mass is 363 g/mol. The van der Waals surface area contributed by atoms with Gasteiger partial charge in [0, 0.05) is 11.3 Å². The fraction of sp³-hybridized carbons (Fsp3) is 0.143. The molecule has 3 aromatic rings. The zero-order valence-electron chi connectivity index (χ0n) is 15.2. The van der Waals surface area contributed by atoms with Gasteiger partial charge < -0.3 is 20.1 Å². The summed E-state index contributed by atoms with van der Waals surface area (Å²) in [6, 6.07) is 18.2. The zero-order valence-corrected chi connectivity index (χ0v) is 15.2. The molecule has 0 unspecified atom stereocenters. The number of pyridine rings is 1. The van der Waals surface area contributed by atoms with Crippen LogP contribution in [-0.2, 0) is 0 Å². The summed E-state index contributed by atoms with van der Waals surface area (Å²) in [5.41, 5.74) is 2.28. The molecule has 0 aliphatic carbocycles. The first-order valence-corrected chi connectivity index (χ1v) is 8.59. The molecular weight excluding hydrogens is 342 g/mol. The number of anilines is 3. The third kappa shape index (κ3) is 4.98. The predicted octanol–water partition coefficient (Wildman–Crippen LogP) is 4.48. The van der Waals surface area contributed by atoms with E-state index in [-0.39, 0.29) is 5.91 Å². The van der Waals surface area contributed by atoms with E-state index in [0.29, 0.717) is 23.7 Å². The van der Waals surface area contributed by atoms with Gasteiger partial charge >= 0.3 is 0 Å². The first-order valence-electron chi connectivity index (χ1n) is 8.59. The number of benzene rings is 2. The van der Waals surface area contributed by atoms with E-state index in [0.717, 1.165) is 17.1 Å². The van der Waals surface area contributed by atoms with Gasteiger partial charge in [-0.3, -0.25) is 4.79 Å². The lowest BCUT2D eigenvalue weighted by atomic mass is 10.2. The average molecular weight is 363 g/mol. The maximum absolute atomic E-state index is 12.3. The Bertz CT molecular complexity index is 876. The third-order valence-electron chi connectivity index (χ3n) is 3.81. The van der Waals surface area contributed by atoms with Crippen LogP contribution in [0.5, 0.6) is 11.5 Å². The smallest absolute Gasteiger partial charge is 0.256 e. The van der Waals surface area contributed by atoms with Crippen LogP contribution in [0.15, 0.2) is 66.9 Å². The molecule has 2 aromatic carbocycles. The second kappa shape index (κ2) is 8.71. The van der Waals surface area contributed by atoms with E-state index in [1.165, 1.54) is 0 Å². The first kappa shape index (κ1) is 18.3. The van der Waals surface area contributed by atoms with Crippen LogP contribution >= 0.6 is 0 Å². The number of ether oxygens (including phenoxy) is 2. The lowest BCUT2D eigenvalue weighted by Gasteiger charge is -2.09. The summed E-state index contributed by atoms with van der Waals surface area (Å²) in [7, 11) is 1.59. The number of hydrogen-bond donors (Lipinski definition) is 2. The van der Waals surface area contributed by atoms with E-state index >= 15 is 0 Å². The molecule has 0 aliphatic rings. The van der Waals surface area contributed by atoms with Gasteiger partial charge in [-0.1, -0.05) is 0 Å². The van der Waals surface area contributed by atoms with Crippen molar-refractivity contribution in [3.63, 3.8) is 0 Å². The quantitative estimate of drug-likeness (QED) is 0.647. The van der Waals surface area contributed by atoms with Crippen molar-refractivity contribution in [2.75, 3.05) is 24.4 Å². The standard InChI is InChI=1S/C21H21N3O3/c1-3-27-19-11-6-16(7-12-19)23-17-8-13-20(22-14-17)24-21(25)15-4-9-18(26-2)10-5-15/h4-14,23H,3H2,1-2H3,(H,22,24,25). The van der Waals surface area contributed by atoms with Crippen molar-refractivity contribution in [2.45, 2.75) is 6.92 Å². The summed E-state index contributed by atoms with van der Waals surface area (Å²) < 4.78 is 10.5. The fourth-order valence-electron chi connectivity index (χ4n) is 2.44. The fourth-order valence-corrected chi connectivity index (χ4v) is 2.44. The van der Waals surface area contributed by atoms with Gasteiger partial charge in [-0.05, 0) is 67.6 Å². The lowest BCUT2D eigenvalue weighted by molar-refractivity contribution is 0.102. The summed E-state index contributed by atoms with van der Waals surface area (Å²) in [4.78, 5) is 16.5. The number of aromatic nitrogens is 1. The van der Waals surface area contributed by atoms with Gasteiger partial charge in [0.2, 0.25) is 0 Å². The lowest BCUT2D eigenvalue weighted by Crippen LogP contribution is -2.12. The van der Waals surface area contributed by atoms with Gasteiger partial charge in [0.15, 0.2) is 0 Å². The van der Waals surface area contributed by atoms with Crippen molar-refractivity contribution >= 4 is 23.1 Å². The minimum atomic E-state index is -0.225. The van der Waals surface area contributed by atoms with E-state index in [4.69, 9.17) is 9.47 Å². The Morgan fingerprint density at radius 3 is 2.19 bits per heavy atom. The zero-order chi connectivity index (χ0) is 19.1. The Labute approximate surface area is 158 Å². The van der Waals surface area contributed by atoms with Gasteiger partial charge in [-0.2, -0.15) is 0 Å². The molecule has 2 N–H and O–H groups in total. The third-order valence-corrected chi connectivity index (χ3v) is 3.81. The Kier molecular flexibility index (Phi) is 5.89. The van der Waals surface area contributed by atoms with Crippen molar-refractivity contribution in [2.24, 2.45) is 0 Å². The largest absolute Gasteiger partial charge is 0.497 e. The molecule has 0 radical (unpaired) electrons. The number of nitrogens with one attached hydrogen (secondary N) is 2. The van der Waals surface area contributed by atoms with Crippen LogP contribution < -0.4 is 20.1 Å². The second-order valence-electron chi connectivity index (χ2n) is 5.70. The van der Waals surface area contributed by atoms with E-state index in [1.54, 1.807) is 43.6 Å². The Hall–Kier alpha value is -3.54. The highest BCUT2D eigenvalue weighted by atomic mass is 16.5. The minimum Gasteiger partial charge on any atom is -0.497 e. The summed E-state index contributed by atoms with van der Waals surface area (Å²) in [5, 5.41) is 6.03. The molecule has 1 aromatic heterocycles. The second-order valence-corrected chi connectivity index (χ2v) is 5.70. The molecule has 0 aliphatic heterocycles. The number of carbonyl (C=O) groups is 1. The van der Waals surface area contributed by atoms with E-state index in [1.807, 2.05) is 37.3 Å². The molecule has 0 spiro atoms. The summed E-state index contributed by atoms with van der Waals surface area (Å²) in [5.74, 6) is 1.79. The number of carbonyl (C=O) groups excluding carboxylic acids is 1. The molecule has 0 fully saturated rings. The molecule has 3 rings (SSSR count). The van der Waals surface area contributed by atoms with E-state index < -0.39 is 0 Å². The molecule has 6 heteroatoms. The highest BCUT2D eigenvalue weighted by Gasteiger charge is 2.07. The number of amides is 1. The van der Waals surface area contributed by atoms with Gasteiger partial charge in [-0.15, -0.1) is 0 Å². The highest BCUT2D eigenvalue weighted by Crippen LogP contribution is 2.20. The van der Waals surface area contributed by atoms with Crippen LogP contribution in [0.1, 0.15) is 17.3 Å². The highest BCUT2D eigenvalue weighted by molar-refractivity contribution is 6.03. The SMILES string of the molecule is CCOc1ccc(Nc2ccc(NC(=O)c3ccc(OC)cc3)nc2)cc1. The molecule has 1 heterocycles. The molecule has 0 saturated carbocycles. The van der Waals surface area contributed by atoms with Crippen LogP contribution in [0, 0.1) is 0 Å². The topological polar surface area (TPSA) is 72.5 Å². The average Bonchev–Trinajstić information content (AvgIpc) is 2.71. The van der Waals surface area contributed by atoms with Crippen molar-refractivity contribution < 1.29 is 14.3 Å². The van der Waals surface area contributed by atoms with Gasteiger partial charge in [0.05, 0.1) is 25.6 Å². The number of methoxy groups -OCH3 is 1. The Morgan fingerprint density at radius 2 is 1.59 bits per heavy atom. The molecule has 1 amide bonds. The van der Waals surface area contributed by atoms with Crippen LogP contribution in [-0.4, -0.2) is 24.6 Å². The normalized spacial score (nSPS) is 10.1. The van der Waals surface area contributed by atoms with Crippen LogP contribution in [0.3, 0.4) is 0 Å². The number of hydrogen-bond acceptors (Lipinski definition) is 5.